The monoisotopic (exact) mass is 207 g/mol. The number of hydrogen-bond donors (Lipinski definition) is 1. The minimum atomic E-state index is 0.621. The van der Waals surface area contributed by atoms with E-state index in [1.165, 1.54) is 16.7 Å². The SMILES string of the molecule is Cc1cccc(CCCC(N)=S)c1C. The summed E-state index contributed by atoms with van der Waals surface area (Å²) in [5, 5.41) is 0. The van der Waals surface area contributed by atoms with Crippen molar-refractivity contribution in [3.8, 4) is 0 Å². The lowest BCUT2D eigenvalue weighted by Gasteiger charge is -2.07. The summed E-state index contributed by atoms with van der Waals surface area (Å²) in [6, 6.07) is 6.44. The number of benzene rings is 1. The molecule has 1 nitrogen and oxygen atoms in total. The van der Waals surface area contributed by atoms with Gasteiger partial charge in [-0.15, -0.1) is 0 Å². The Kier molecular flexibility index (Phi) is 4.08. The fourth-order valence-corrected chi connectivity index (χ4v) is 1.68. The molecule has 76 valence electrons. The lowest BCUT2D eigenvalue weighted by atomic mass is 9.99. The van der Waals surface area contributed by atoms with Crippen molar-refractivity contribution in [2.45, 2.75) is 33.1 Å². The van der Waals surface area contributed by atoms with Crippen molar-refractivity contribution in [3.63, 3.8) is 0 Å². The van der Waals surface area contributed by atoms with Crippen molar-refractivity contribution < 1.29 is 0 Å². The van der Waals surface area contributed by atoms with E-state index in [1.54, 1.807) is 0 Å². The zero-order chi connectivity index (χ0) is 10.6. The van der Waals surface area contributed by atoms with Gasteiger partial charge in [0.1, 0.15) is 0 Å². The Morgan fingerprint density at radius 2 is 2.07 bits per heavy atom. The van der Waals surface area contributed by atoms with Gasteiger partial charge < -0.3 is 5.73 Å². The topological polar surface area (TPSA) is 26.0 Å². The summed E-state index contributed by atoms with van der Waals surface area (Å²) < 4.78 is 0. The Morgan fingerprint density at radius 1 is 1.36 bits per heavy atom. The maximum absolute atomic E-state index is 5.46. The molecule has 14 heavy (non-hydrogen) atoms. The lowest BCUT2D eigenvalue weighted by Crippen LogP contribution is -2.07. The molecule has 2 N–H and O–H groups in total. The first-order valence-corrected chi connectivity index (χ1v) is 5.35. The first kappa shape index (κ1) is 11.2. The summed E-state index contributed by atoms with van der Waals surface area (Å²) in [6.07, 6.45) is 2.98. The Morgan fingerprint density at radius 3 is 2.71 bits per heavy atom. The summed E-state index contributed by atoms with van der Waals surface area (Å²) in [6.45, 7) is 4.32. The van der Waals surface area contributed by atoms with Crippen molar-refractivity contribution in [3.05, 3.63) is 34.9 Å². The third-order valence-corrected chi connectivity index (χ3v) is 2.79. The van der Waals surface area contributed by atoms with E-state index >= 15 is 0 Å². The highest BCUT2D eigenvalue weighted by Gasteiger charge is 2.00. The van der Waals surface area contributed by atoms with E-state index in [0.717, 1.165) is 19.3 Å². The fourth-order valence-electron chi connectivity index (χ4n) is 1.54. The van der Waals surface area contributed by atoms with Gasteiger partial charge in [-0.1, -0.05) is 30.4 Å². The molecular weight excluding hydrogens is 190 g/mol. The smallest absolute Gasteiger partial charge is 0.0727 e. The van der Waals surface area contributed by atoms with E-state index in [1.807, 2.05) is 0 Å². The molecule has 1 aromatic rings. The van der Waals surface area contributed by atoms with Crippen LogP contribution >= 0.6 is 12.2 Å². The number of nitrogens with two attached hydrogens (primary N) is 1. The van der Waals surface area contributed by atoms with Crippen molar-refractivity contribution >= 4 is 17.2 Å². The minimum Gasteiger partial charge on any atom is -0.393 e. The van der Waals surface area contributed by atoms with E-state index in [0.29, 0.717) is 4.99 Å². The Hall–Kier alpha value is -0.890. The highest BCUT2D eigenvalue weighted by molar-refractivity contribution is 7.80. The van der Waals surface area contributed by atoms with Crippen LogP contribution in [0.2, 0.25) is 0 Å². The van der Waals surface area contributed by atoms with Crippen LogP contribution < -0.4 is 5.73 Å². The van der Waals surface area contributed by atoms with E-state index in [2.05, 4.69) is 32.0 Å². The summed E-state index contributed by atoms with van der Waals surface area (Å²) in [7, 11) is 0. The number of aryl methyl sites for hydroxylation is 2. The van der Waals surface area contributed by atoms with Gasteiger partial charge in [-0.2, -0.15) is 0 Å². The van der Waals surface area contributed by atoms with Crippen molar-refractivity contribution in [1.29, 1.82) is 0 Å². The molecule has 0 atom stereocenters. The molecule has 0 saturated carbocycles. The van der Waals surface area contributed by atoms with Gasteiger partial charge in [0.15, 0.2) is 0 Å². The minimum absolute atomic E-state index is 0.621. The van der Waals surface area contributed by atoms with Crippen molar-refractivity contribution in [2.24, 2.45) is 5.73 Å². The standard InChI is InChI=1S/C12H17NS/c1-9-5-3-6-11(10(9)2)7-4-8-12(13)14/h3,5-6H,4,7-8H2,1-2H3,(H2,13,14). The zero-order valence-corrected chi connectivity index (χ0v) is 9.66. The molecule has 0 radical (unpaired) electrons. The van der Waals surface area contributed by atoms with Gasteiger partial charge >= 0.3 is 0 Å². The number of hydrogen-bond acceptors (Lipinski definition) is 1. The molecule has 0 unspecified atom stereocenters. The van der Waals surface area contributed by atoms with Crippen LogP contribution in [0.15, 0.2) is 18.2 Å². The average molecular weight is 207 g/mol. The predicted molar refractivity (Wildman–Crippen MR) is 65.6 cm³/mol. The van der Waals surface area contributed by atoms with E-state index in [-0.39, 0.29) is 0 Å². The number of thiocarbonyl (C=S) groups is 1. The van der Waals surface area contributed by atoms with Crippen LogP contribution in [-0.4, -0.2) is 4.99 Å². The first-order valence-electron chi connectivity index (χ1n) is 4.94. The van der Waals surface area contributed by atoms with Crippen molar-refractivity contribution in [2.75, 3.05) is 0 Å². The summed E-state index contributed by atoms with van der Waals surface area (Å²) in [5.74, 6) is 0. The number of rotatable bonds is 4. The molecule has 0 heterocycles. The second-order valence-corrected chi connectivity index (χ2v) is 4.20. The molecule has 0 saturated heterocycles. The maximum Gasteiger partial charge on any atom is 0.0727 e. The Balaban J connectivity index is 2.59. The zero-order valence-electron chi connectivity index (χ0n) is 8.84. The van der Waals surface area contributed by atoms with Crippen LogP contribution in [0.1, 0.15) is 29.5 Å². The van der Waals surface area contributed by atoms with Crippen LogP contribution in [0.3, 0.4) is 0 Å². The van der Waals surface area contributed by atoms with Crippen molar-refractivity contribution in [1.82, 2.24) is 0 Å². The molecule has 1 rings (SSSR count). The molecule has 2 heteroatoms. The summed E-state index contributed by atoms with van der Waals surface area (Å²) >= 11 is 4.85. The van der Waals surface area contributed by atoms with Gasteiger partial charge in [-0.05, 0) is 49.8 Å². The van der Waals surface area contributed by atoms with E-state index in [9.17, 15) is 0 Å². The lowest BCUT2D eigenvalue weighted by molar-refractivity contribution is 0.860. The molecule has 0 aliphatic carbocycles. The molecule has 0 bridgehead atoms. The average Bonchev–Trinajstić information content (AvgIpc) is 2.12. The highest BCUT2D eigenvalue weighted by Crippen LogP contribution is 2.14. The fraction of sp³-hybridized carbons (Fsp3) is 0.417. The largest absolute Gasteiger partial charge is 0.393 e. The molecule has 0 aromatic heterocycles. The van der Waals surface area contributed by atoms with Gasteiger partial charge in [0, 0.05) is 0 Å². The molecule has 1 aromatic carbocycles. The van der Waals surface area contributed by atoms with Gasteiger partial charge in [-0.25, -0.2) is 0 Å². The second-order valence-electron chi connectivity index (χ2n) is 3.68. The van der Waals surface area contributed by atoms with Gasteiger partial charge in [0.25, 0.3) is 0 Å². The molecule has 0 aliphatic heterocycles. The normalized spacial score (nSPS) is 10.1. The molecule has 0 fully saturated rings. The van der Waals surface area contributed by atoms with E-state index in [4.69, 9.17) is 18.0 Å². The third kappa shape index (κ3) is 3.11. The maximum atomic E-state index is 5.46. The van der Waals surface area contributed by atoms with Crippen LogP contribution in [0.4, 0.5) is 0 Å². The second kappa shape index (κ2) is 5.11. The molecular formula is C12H17NS. The third-order valence-electron chi connectivity index (χ3n) is 2.59. The molecule has 0 aliphatic rings. The Labute approximate surface area is 91.3 Å². The predicted octanol–water partition coefficient (Wildman–Crippen LogP) is 2.91. The highest BCUT2D eigenvalue weighted by atomic mass is 32.1. The Bertz CT molecular complexity index is 331. The molecule has 0 amide bonds. The van der Waals surface area contributed by atoms with Crippen LogP contribution in [-0.2, 0) is 6.42 Å². The summed E-state index contributed by atoms with van der Waals surface area (Å²) in [4.78, 5) is 0.621. The van der Waals surface area contributed by atoms with Crippen LogP contribution in [0.25, 0.3) is 0 Å². The quantitative estimate of drug-likeness (QED) is 0.768. The molecule has 0 spiro atoms. The van der Waals surface area contributed by atoms with Crippen LogP contribution in [0.5, 0.6) is 0 Å². The summed E-state index contributed by atoms with van der Waals surface area (Å²) in [5.41, 5.74) is 9.63. The van der Waals surface area contributed by atoms with Gasteiger partial charge in [0.05, 0.1) is 4.99 Å². The van der Waals surface area contributed by atoms with Gasteiger partial charge in [-0.3, -0.25) is 0 Å². The van der Waals surface area contributed by atoms with Gasteiger partial charge in [0.2, 0.25) is 0 Å². The first-order chi connectivity index (χ1) is 6.61. The van der Waals surface area contributed by atoms with E-state index < -0.39 is 0 Å². The van der Waals surface area contributed by atoms with Crippen LogP contribution in [0, 0.1) is 13.8 Å².